The number of fused-ring (bicyclic) bond motifs is 1. The minimum absolute atomic E-state index is 0.0261. The predicted octanol–water partition coefficient (Wildman–Crippen LogP) is 3.37. The molecule has 1 amide bonds. The molecule has 1 N–H and O–H groups in total. The summed E-state index contributed by atoms with van der Waals surface area (Å²) < 4.78 is 40.5. The highest BCUT2D eigenvalue weighted by molar-refractivity contribution is 7.91. The van der Waals surface area contributed by atoms with Gasteiger partial charge in [0, 0.05) is 12.1 Å². The number of halogens is 1. The predicted molar refractivity (Wildman–Crippen MR) is 135 cm³/mol. The average molecular weight is 502 g/mol. The molecule has 1 atom stereocenters. The molecule has 0 saturated carbocycles. The topological polar surface area (TPSA) is 97.2 Å². The summed E-state index contributed by atoms with van der Waals surface area (Å²) in [6.07, 6.45) is 1.23. The van der Waals surface area contributed by atoms with Crippen LogP contribution in [0.5, 0.6) is 0 Å². The van der Waals surface area contributed by atoms with E-state index in [-0.39, 0.29) is 29.0 Å². The Kier molecular flexibility index (Phi) is 7.51. The number of rotatable bonds is 9. The summed E-state index contributed by atoms with van der Waals surface area (Å²) in [7, 11) is -3.16. The maximum Gasteiger partial charge on any atom is 0.252 e. The molecular weight excluding hydrogens is 469 g/mol. The van der Waals surface area contributed by atoms with Crippen LogP contribution in [0.25, 0.3) is 22.3 Å². The van der Waals surface area contributed by atoms with Gasteiger partial charge in [0.2, 0.25) is 0 Å². The summed E-state index contributed by atoms with van der Waals surface area (Å²) in [4.78, 5) is 20.3. The fourth-order valence-electron chi connectivity index (χ4n) is 4.66. The molecule has 8 nitrogen and oxygen atoms in total. The lowest BCUT2D eigenvalue weighted by Crippen LogP contribution is -2.30. The van der Waals surface area contributed by atoms with Gasteiger partial charge in [-0.3, -0.25) is 4.79 Å². The first-order chi connectivity index (χ1) is 16.7. The van der Waals surface area contributed by atoms with Gasteiger partial charge in [-0.25, -0.2) is 22.5 Å². The number of carbonyl (C=O) groups is 1. The van der Waals surface area contributed by atoms with Crippen molar-refractivity contribution < 1.29 is 17.6 Å². The molecule has 0 radical (unpaired) electrons. The second kappa shape index (κ2) is 10.4. The molecule has 0 aliphatic carbocycles. The third-order valence-electron chi connectivity index (χ3n) is 6.62. The lowest BCUT2D eigenvalue weighted by molar-refractivity contribution is 0.0953. The van der Waals surface area contributed by atoms with Crippen molar-refractivity contribution in [2.75, 3.05) is 37.7 Å². The van der Waals surface area contributed by atoms with Crippen LogP contribution in [-0.2, 0) is 9.84 Å². The van der Waals surface area contributed by atoms with Crippen LogP contribution in [0, 0.1) is 12.7 Å². The van der Waals surface area contributed by atoms with E-state index in [9.17, 15) is 17.6 Å². The monoisotopic (exact) mass is 501 g/mol. The van der Waals surface area contributed by atoms with E-state index in [2.05, 4.69) is 34.1 Å². The molecule has 2 aromatic heterocycles. The van der Waals surface area contributed by atoms with Gasteiger partial charge in [0.05, 0.1) is 39.9 Å². The van der Waals surface area contributed by atoms with Gasteiger partial charge in [-0.15, -0.1) is 0 Å². The Morgan fingerprint density at radius 3 is 2.66 bits per heavy atom. The second-order valence-corrected chi connectivity index (χ2v) is 11.2. The molecule has 1 saturated heterocycles. The number of aromatic nitrogens is 3. The van der Waals surface area contributed by atoms with Gasteiger partial charge < -0.3 is 10.2 Å². The Bertz CT molecular complexity index is 1330. The summed E-state index contributed by atoms with van der Waals surface area (Å²) in [5, 5.41) is 8.14. The summed E-state index contributed by atoms with van der Waals surface area (Å²) >= 11 is 0. The van der Waals surface area contributed by atoms with Crippen molar-refractivity contribution in [3.05, 3.63) is 47.4 Å². The standard InChI is InChI=1S/C25H32FN5O3S/c1-4-30(5-2)13-8-12-27-25(32)20-15-22(19-9-6-7-10-21(19)26)28-24-23(20)17(3)29-31(24)18-11-14-35(33,34)16-18/h6-7,9-10,15,18H,4-5,8,11-14,16H2,1-3H3,(H,27,32). The maximum absolute atomic E-state index is 14.7. The summed E-state index contributed by atoms with van der Waals surface area (Å²) in [6.45, 7) is 9.29. The molecule has 1 unspecified atom stereocenters. The average Bonchev–Trinajstić information content (AvgIpc) is 3.37. The number of sulfone groups is 1. The molecule has 4 rings (SSSR count). The van der Waals surface area contributed by atoms with Crippen molar-refractivity contribution in [1.82, 2.24) is 25.0 Å². The zero-order chi connectivity index (χ0) is 25.2. The third-order valence-corrected chi connectivity index (χ3v) is 8.37. The largest absolute Gasteiger partial charge is 0.352 e. The number of hydrogen-bond acceptors (Lipinski definition) is 6. The Balaban J connectivity index is 1.74. The minimum atomic E-state index is -3.16. The molecule has 1 aromatic carbocycles. The quantitative estimate of drug-likeness (QED) is 0.452. The molecule has 188 valence electrons. The van der Waals surface area contributed by atoms with Crippen molar-refractivity contribution in [1.29, 1.82) is 0 Å². The fraction of sp³-hybridized carbons (Fsp3) is 0.480. The number of benzene rings is 1. The lowest BCUT2D eigenvalue weighted by Gasteiger charge is -2.17. The van der Waals surface area contributed by atoms with E-state index in [0.29, 0.717) is 41.0 Å². The molecule has 0 bridgehead atoms. The van der Waals surface area contributed by atoms with Crippen LogP contribution in [0.2, 0.25) is 0 Å². The lowest BCUT2D eigenvalue weighted by atomic mass is 10.0. The van der Waals surface area contributed by atoms with Gasteiger partial charge in [-0.1, -0.05) is 26.0 Å². The molecule has 10 heteroatoms. The number of carbonyl (C=O) groups excluding carboxylic acids is 1. The van der Waals surface area contributed by atoms with Crippen LogP contribution in [0.3, 0.4) is 0 Å². The number of hydrogen-bond donors (Lipinski definition) is 1. The van der Waals surface area contributed by atoms with Gasteiger partial charge in [-0.2, -0.15) is 5.10 Å². The molecular formula is C25H32FN5O3S. The van der Waals surface area contributed by atoms with Crippen LogP contribution in [-0.4, -0.2) is 71.7 Å². The zero-order valence-corrected chi connectivity index (χ0v) is 21.2. The normalized spacial score (nSPS) is 17.3. The Labute approximate surface area is 205 Å². The summed E-state index contributed by atoms with van der Waals surface area (Å²) in [6, 6.07) is 7.50. The van der Waals surface area contributed by atoms with E-state index in [1.54, 1.807) is 35.9 Å². The Hall–Kier alpha value is -2.85. The van der Waals surface area contributed by atoms with E-state index in [0.717, 1.165) is 26.1 Å². The van der Waals surface area contributed by atoms with Gasteiger partial charge >= 0.3 is 0 Å². The minimum Gasteiger partial charge on any atom is -0.352 e. The molecule has 0 spiro atoms. The van der Waals surface area contributed by atoms with Gasteiger partial charge in [-0.05, 0) is 57.6 Å². The molecule has 35 heavy (non-hydrogen) atoms. The smallest absolute Gasteiger partial charge is 0.252 e. The first-order valence-electron chi connectivity index (χ1n) is 12.1. The van der Waals surface area contributed by atoms with Crippen molar-refractivity contribution in [2.45, 2.75) is 39.7 Å². The number of nitrogens with one attached hydrogen (secondary N) is 1. The highest BCUT2D eigenvalue weighted by atomic mass is 32.2. The van der Waals surface area contributed by atoms with E-state index >= 15 is 0 Å². The second-order valence-electron chi connectivity index (χ2n) is 8.96. The molecule has 1 fully saturated rings. The molecule has 3 heterocycles. The first kappa shape index (κ1) is 25.2. The number of pyridine rings is 1. The molecule has 1 aliphatic heterocycles. The highest BCUT2D eigenvalue weighted by Gasteiger charge is 2.32. The number of nitrogens with zero attached hydrogens (tertiary/aromatic N) is 4. The van der Waals surface area contributed by atoms with E-state index in [1.807, 2.05) is 0 Å². The van der Waals surface area contributed by atoms with E-state index in [4.69, 9.17) is 0 Å². The number of aryl methyl sites for hydroxylation is 1. The zero-order valence-electron chi connectivity index (χ0n) is 20.4. The first-order valence-corrected chi connectivity index (χ1v) is 13.9. The molecule has 3 aromatic rings. The summed E-state index contributed by atoms with van der Waals surface area (Å²) in [5.74, 6) is -0.667. The van der Waals surface area contributed by atoms with Crippen LogP contribution < -0.4 is 5.32 Å². The van der Waals surface area contributed by atoms with Crippen molar-refractivity contribution in [2.24, 2.45) is 0 Å². The van der Waals surface area contributed by atoms with Crippen molar-refractivity contribution in [3.8, 4) is 11.3 Å². The third kappa shape index (κ3) is 5.38. The molecule has 1 aliphatic rings. The maximum atomic E-state index is 14.7. The van der Waals surface area contributed by atoms with Crippen molar-refractivity contribution >= 4 is 26.8 Å². The van der Waals surface area contributed by atoms with Crippen LogP contribution in [0.15, 0.2) is 30.3 Å². The highest BCUT2D eigenvalue weighted by Crippen LogP contribution is 2.32. The Morgan fingerprint density at radius 1 is 1.26 bits per heavy atom. The van der Waals surface area contributed by atoms with Crippen LogP contribution in [0.4, 0.5) is 4.39 Å². The van der Waals surface area contributed by atoms with E-state index < -0.39 is 15.7 Å². The Morgan fingerprint density at radius 2 is 2.00 bits per heavy atom. The van der Waals surface area contributed by atoms with E-state index in [1.165, 1.54) is 6.07 Å². The van der Waals surface area contributed by atoms with Gasteiger partial charge in [0.15, 0.2) is 15.5 Å². The SMILES string of the molecule is CCN(CC)CCCNC(=O)c1cc(-c2ccccc2F)nc2c1c(C)nn2C1CCS(=O)(=O)C1. The van der Waals surface area contributed by atoms with Crippen molar-refractivity contribution in [3.63, 3.8) is 0 Å². The van der Waals surface area contributed by atoms with Gasteiger partial charge in [0.25, 0.3) is 5.91 Å². The summed E-state index contributed by atoms with van der Waals surface area (Å²) in [5.41, 5.74) is 1.94. The van der Waals surface area contributed by atoms with Gasteiger partial charge in [0.1, 0.15) is 5.82 Å². The number of amides is 1. The fourth-order valence-corrected chi connectivity index (χ4v) is 6.35. The van der Waals surface area contributed by atoms with Crippen LogP contribution in [0.1, 0.15) is 48.8 Å². The van der Waals surface area contributed by atoms with Crippen LogP contribution >= 0.6 is 0 Å².